The lowest BCUT2D eigenvalue weighted by atomic mass is 10.3. The van der Waals surface area contributed by atoms with E-state index in [1.165, 1.54) is 42.2 Å². The number of thioether (sulfide) groups is 1. The summed E-state index contributed by atoms with van der Waals surface area (Å²) in [4.78, 5) is 17.0. The van der Waals surface area contributed by atoms with Crippen molar-refractivity contribution in [3.63, 3.8) is 0 Å². The van der Waals surface area contributed by atoms with Crippen molar-refractivity contribution in [2.45, 2.75) is 10.1 Å². The Balaban J connectivity index is 1.90. The number of benzene rings is 2. The normalized spacial score (nSPS) is 11.3. The second-order valence-corrected chi connectivity index (χ2v) is 7.66. The van der Waals surface area contributed by atoms with Crippen molar-refractivity contribution in [2.24, 2.45) is 5.14 Å². The first-order chi connectivity index (χ1) is 12.4. The molecule has 0 radical (unpaired) electrons. The highest BCUT2D eigenvalue weighted by Gasteiger charge is 2.18. The Kier molecular flexibility index (Phi) is 5.12. The summed E-state index contributed by atoms with van der Waals surface area (Å²) >= 11 is 1.43. The number of hydrogen-bond acceptors (Lipinski definition) is 5. The fourth-order valence-corrected chi connectivity index (χ4v) is 3.45. The minimum Gasteiger partial charge on any atom is -0.321 e. The van der Waals surface area contributed by atoms with Crippen LogP contribution in [0.15, 0.2) is 70.8 Å². The van der Waals surface area contributed by atoms with Crippen LogP contribution in [-0.2, 0) is 10.0 Å². The summed E-state index contributed by atoms with van der Waals surface area (Å²) in [6.45, 7) is 0. The van der Waals surface area contributed by atoms with Gasteiger partial charge in [-0.2, -0.15) is 0 Å². The molecule has 134 valence electrons. The van der Waals surface area contributed by atoms with E-state index < -0.39 is 10.0 Å². The van der Waals surface area contributed by atoms with E-state index in [1.807, 2.05) is 36.6 Å². The number of amides is 1. The highest BCUT2D eigenvalue weighted by Crippen LogP contribution is 2.22. The van der Waals surface area contributed by atoms with E-state index in [2.05, 4.69) is 10.3 Å². The summed E-state index contributed by atoms with van der Waals surface area (Å²) < 4.78 is 24.4. The van der Waals surface area contributed by atoms with Crippen LogP contribution in [-0.4, -0.2) is 30.1 Å². The second-order valence-electron chi connectivity index (χ2n) is 5.32. The predicted molar refractivity (Wildman–Crippen MR) is 101 cm³/mol. The molecule has 0 saturated heterocycles. The van der Waals surface area contributed by atoms with Crippen molar-refractivity contribution < 1.29 is 13.2 Å². The van der Waals surface area contributed by atoms with Gasteiger partial charge in [0.2, 0.25) is 10.0 Å². The van der Waals surface area contributed by atoms with Gasteiger partial charge in [0.1, 0.15) is 5.69 Å². The highest BCUT2D eigenvalue weighted by molar-refractivity contribution is 7.98. The van der Waals surface area contributed by atoms with Crippen LogP contribution in [0.3, 0.4) is 0 Å². The predicted octanol–water partition coefficient (Wildman–Crippen LogP) is 2.49. The first kappa shape index (κ1) is 18.2. The summed E-state index contributed by atoms with van der Waals surface area (Å²) in [7, 11) is -3.77. The molecule has 7 nitrogen and oxygen atoms in total. The van der Waals surface area contributed by atoms with Crippen molar-refractivity contribution in [3.05, 3.63) is 66.5 Å². The van der Waals surface area contributed by atoms with E-state index >= 15 is 0 Å². The zero-order valence-corrected chi connectivity index (χ0v) is 15.4. The number of sulfonamides is 1. The number of primary sulfonamides is 1. The van der Waals surface area contributed by atoms with Gasteiger partial charge in [-0.05, 0) is 42.7 Å². The Hall–Kier alpha value is -2.62. The average Bonchev–Trinajstić information content (AvgIpc) is 3.06. The maximum atomic E-state index is 12.7. The number of para-hydroxylation sites is 1. The van der Waals surface area contributed by atoms with Crippen LogP contribution in [0, 0.1) is 0 Å². The Morgan fingerprint density at radius 3 is 2.35 bits per heavy atom. The number of nitrogens with one attached hydrogen (secondary N) is 1. The molecule has 0 aliphatic rings. The van der Waals surface area contributed by atoms with E-state index in [0.717, 1.165) is 5.69 Å². The Morgan fingerprint density at radius 2 is 1.77 bits per heavy atom. The Morgan fingerprint density at radius 1 is 1.12 bits per heavy atom. The van der Waals surface area contributed by atoms with Crippen LogP contribution < -0.4 is 10.5 Å². The van der Waals surface area contributed by atoms with E-state index in [1.54, 1.807) is 4.57 Å². The van der Waals surface area contributed by atoms with Crippen LogP contribution in [0.5, 0.6) is 0 Å². The smallest absolute Gasteiger partial charge is 0.274 e. The number of aromatic nitrogens is 2. The molecule has 2 aromatic carbocycles. The van der Waals surface area contributed by atoms with E-state index in [9.17, 15) is 13.2 Å². The number of carbonyl (C=O) groups excluding carboxylic acids is 1. The van der Waals surface area contributed by atoms with Gasteiger partial charge < -0.3 is 5.32 Å². The number of rotatable bonds is 5. The SMILES string of the molecule is CSc1ncc(C(=O)Nc2ccc(S(N)(=O)=O)cc2)n1-c1ccccc1. The van der Waals surface area contributed by atoms with Crippen molar-refractivity contribution >= 4 is 33.4 Å². The third kappa shape index (κ3) is 3.79. The molecule has 0 saturated carbocycles. The molecule has 0 spiro atoms. The molecular formula is C17H16N4O3S2. The number of anilines is 1. The molecule has 1 amide bonds. The maximum Gasteiger partial charge on any atom is 0.274 e. The molecule has 3 rings (SSSR count). The molecule has 3 aromatic rings. The Bertz CT molecular complexity index is 1030. The van der Waals surface area contributed by atoms with Crippen molar-refractivity contribution in [2.75, 3.05) is 11.6 Å². The molecule has 0 bridgehead atoms. The van der Waals surface area contributed by atoms with Gasteiger partial charge in [-0.1, -0.05) is 30.0 Å². The zero-order valence-electron chi connectivity index (χ0n) is 13.8. The van der Waals surface area contributed by atoms with Gasteiger partial charge in [-0.3, -0.25) is 9.36 Å². The summed E-state index contributed by atoms with van der Waals surface area (Å²) in [5.74, 6) is -0.356. The lowest BCUT2D eigenvalue weighted by Gasteiger charge is -2.11. The van der Waals surface area contributed by atoms with E-state index in [0.29, 0.717) is 16.5 Å². The average molecular weight is 388 g/mol. The number of hydrogen-bond donors (Lipinski definition) is 2. The van der Waals surface area contributed by atoms with Crippen LogP contribution >= 0.6 is 11.8 Å². The molecule has 0 aliphatic carbocycles. The van der Waals surface area contributed by atoms with Gasteiger partial charge in [-0.25, -0.2) is 18.5 Å². The minimum absolute atomic E-state index is 0.0190. The monoisotopic (exact) mass is 388 g/mol. The largest absolute Gasteiger partial charge is 0.321 e. The number of nitrogens with two attached hydrogens (primary N) is 1. The molecule has 9 heteroatoms. The van der Waals surface area contributed by atoms with Crippen LogP contribution in [0.1, 0.15) is 10.5 Å². The van der Waals surface area contributed by atoms with Crippen LogP contribution in [0.25, 0.3) is 5.69 Å². The third-order valence-corrected chi connectivity index (χ3v) is 5.18. The maximum absolute atomic E-state index is 12.7. The summed E-state index contributed by atoms with van der Waals surface area (Å²) in [6.07, 6.45) is 3.39. The summed E-state index contributed by atoms with van der Waals surface area (Å²) in [5.41, 5.74) is 1.65. The molecule has 0 unspecified atom stereocenters. The topological polar surface area (TPSA) is 107 Å². The van der Waals surface area contributed by atoms with Crippen LogP contribution in [0.2, 0.25) is 0 Å². The van der Waals surface area contributed by atoms with Gasteiger partial charge in [0.25, 0.3) is 5.91 Å². The first-order valence-electron chi connectivity index (χ1n) is 7.51. The first-order valence-corrected chi connectivity index (χ1v) is 10.3. The molecule has 0 fully saturated rings. The zero-order chi connectivity index (χ0) is 18.7. The summed E-state index contributed by atoms with van der Waals surface area (Å²) in [6, 6.07) is 15.1. The number of imidazole rings is 1. The van der Waals surface area contributed by atoms with Crippen molar-refractivity contribution in [1.29, 1.82) is 0 Å². The minimum atomic E-state index is -3.77. The van der Waals surface area contributed by atoms with Gasteiger partial charge in [0, 0.05) is 11.4 Å². The van der Waals surface area contributed by atoms with Gasteiger partial charge in [0.05, 0.1) is 11.1 Å². The molecular weight excluding hydrogens is 372 g/mol. The molecule has 0 aliphatic heterocycles. The van der Waals surface area contributed by atoms with Gasteiger partial charge in [0.15, 0.2) is 5.16 Å². The quantitative estimate of drug-likeness (QED) is 0.653. The van der Waals surface area contributed by atoms with E-state index in [-0.39, 0.29) is 10.8 Å². The molecule has 1 heterocycles. The standard InChI is InChI=1S/C17H16N4O3S2/c1-25-17-19-11-15(21(17)13-5-3-2-4-6-13)16(22)20-12-7-9-14(10-8-12)26(18,23)24/h2-11H,1H3,(H,20,22)(H2,18,23,24). The number of nitrogens with zero attached hydrogens (tertiary/aromatic N) is 2. The number of carbonyl (C=O) groups is 1. The molecule has 3 N–H and O–H groups in total. The Labute approximate surface area is 155 Å². The fourth-order valence-electron chi connectivity index (χ4n) is 2.39. The van der Waals surface area contributed by atoms with Gasteiger partial charge in [-0.15, -0.1) is 0 Å². The highest BCUT2D eigenvalue weighted by atomic mass is 32.2. The lowest BCUT2D eigenvalue weighted by molar-refractivity contribution is 0.102. The molecule has 1 aromatic heterocycles. The lowest BCUT2D eigenvalue weighted by Crippen LogP contribution is -2.17. The molecule has 0 atom stereocenters. The summed E-state index contributed by atoms with van der Waals surface area (Å²) in [5, 5.41) is 8.50. The fraction of sp³-hybridized carbons (Fsp3) is 0.0588. The second kappa shape index (κ2) is 7.32. The third-order valence-electron chi connectivity index (χ3n) is 3.60. The molecule has 26 heavy (non-hydrogen) atoms. The van der Waals surface area contributed by atoms with Crippen molar-refractivity contribution in [1.82, 2.24) is 9.55 Å². The van der Waals surface area contributed by atoms with E-state index in [4.69, 9.17) is 5.14 Å². The van der Waals surface area contributed by atoms with Crippen LogP contribution in [0.4, 0.5) is 5.69 Å². The van der Waals surface area contributed by atoms with Gasteiger partial charge >= 0.3 is 0 Å². The van der Waals surface area contributed by atoms with Crippen molar-refractivity contribution in [3.8, 4) is 5.69 Å².